The first-order chi connectivity index (χ1) is 7.11. The lowest BCUT2D eigenvalue weighted by atomic mass is 10.1. The Hall–Kier alpha value is -1.43. The van der Waals surface area contributed by atoms with Crippen LogP contribution in [0.3, 0.4) is 0 Å². The molecule has 15 heavy (non-hydrogen) atoms. The zero-order valence-electron chi connectivity index (χ0n) is 8.18. The number of aliphatic hydroxyl groups excluding tert-OH is 1. The van der Waals surface area contributed by atoms with Crippen molar-refractivity contribution in [3.63, 3.8) is 0 Å². The van der Waals surface area contributed by atoms with Crippen molar-refractivity contribution in [3.8, 4) is 0 Å². The molecule has 0 atom stereocenters. The summed E-state index contributed by atoms with van der Waals surface area (Å²) >= 11 is 0. The maximum absolute atomic E-state index is 11.0. The van der Waals surface area contributed by atoms with E-state index in [1.165, 1.54) is 0 Å². The van der Waals surface area contributed by atoms with E-state index in [9.17, 15) is 4.79 Å². The fraction of sp³-hybridized carbons (Fsp3) is 0.300. The quantitative estimate of drug-likeness (QED) is 0.501. The van der Waals surface area contributed by atoms with Crippen molar-refractivity contribution in [1.29, 1.82) is 0 Å². The van der Waals surface area contributed by atoms with Gasteiger partial charge in [-0.3, -0.25) is 4.79 Å². The highest BCUT2D eigenvalue weighted by Gasteiger charge is 2.03. The van der Waals surface area contributed by atoms with Crippen LogP contribution in [0, 0.1) is 0 Å². The van der Waals surface area contributed by atoms with Crippen LogP contribution >= 0.6 is 0 Å². The summed E-state index contributed by atoms with van der Waals surface area (Å²) in [5.74, 6) is -0.281. The molecule has 0 heterocycles. The molecule has 0 unspecified atom stereocenters. The summed E-state index contributed by atoms with van der Waals surface area (Å²) in [6, 6.07) is 6.86. The number of carbonyl (C=O) groups excluding carboxylic acids is 1. The van der Waals surface area contributed by atoms with E-state index in [0.29, 0.717) is 5.69 Å². The standard InChI is InChI=1S/C10H14N2O3/c11-6-9(13)12-8-3-1-2-7(4-8)5-10(14)15/h1-4,10,14-15H,5-6,11H2,(H,12,13). The van der Waals surface area contributed by atoms with Gasteiger partial charge in [0.1, 0.15) is 0 Å². The van der Waals surface area contributed by atoms with E-state index in [1.54, 1.807) is 24.3 Å². The second-order valence-electron chi connectivity index (χ2n) is 3.14. The topological polar surface area (TPSA) is 95.6 Å². The van der Waals surface area contributed by atoms with Gasteiger partial charge in [-0.05, 0) is 17.7 Å². The number of benzene rings is 1. The van der Waals surface area contributed by atoms with Crippen LogP contribution in [0.4, 0.5) is 5.69 Å². The first-order valence-corrected chi connectivity index (χ1v) is 4.57. The molecule has 5 N–H and O–H groups in total. The Labute approximate surface area is 87.5 Å². The van der Waals surface area contributed by atoms with E-state index in [2.05, 4.69) is 5.32 Å². The smallest absolute Gasteiger partial charge is 0.238 e. The second kappa shape index (κ2) is 5.45. The Kier molecular flexibility index (Phi) is 4.23. The van der Waals surface area contributed by atoms with Crippen LogP contribution in [0.5, 0.6) is 0 Å². The van der Waals surface area contributed by atoms with Gasteiger partial charge in [-0.15, -0.1) is 0 Å². The normalized spacial score (nSPS) is 10.4. The lowest BCUT2D eigenvalue weighted by molar-refractivity contribution is -0.114. The van der Waals surface area contributed by atoms with Gasteiger partial charge in [-0.1, -0.05) is 12.1 Å². The molecule has 1 amide bonds. The Morgan fingerprint density at radius 1 is 1.47 bits per heavy atom. The molecule has 5 heteroatoms. The Balaban J connectivity index is 2.69. The minimum Gasteiger partial charge on any atom is -0.368 e. The van der Waals surface area contributed by atoms with E-state index in [1.807, 2.05) is 0 Å². The number of anilines is 1. The van der Waals surface area contributed by atoms with Crippen LogP contribution in [0.1, 0.15) is 5.56 Å². The van der Waals surface area contributed by atoms with Gasteiger partial charge in [0.2, 0.25) is 5.91 Å². The molecule has 1 rings (SSSR count). The molecule has 1 aromatic rings. The zero-order chi connectivity index (χ0) is 11.3. The number of hydrogen-bond donors (Lipinski definition) is 4. The molecule has 0 bridgehead atoms. The summed E-state index contributed by atoms with van der Waals surface area (Å²) in [4.78, 5) is 11.0. The van der Waals surface area contributed by atoms with Gasteiger partial charge in [0.15, 0.2) is 6.29 Å². The van der Waals surface area contributed by atoms with Crippen molar-refractivity contribution in [2.75, 3.05) is 11.9 Å². The monoisotopic (exact) mass is 210 g/mol. The summed E-state index contributed by atoms with van der Waals surface area (Å²) < 4.78 is 0. The average molecular weight is 210 g/mol. The molecule has 0 saturated carbocycles. The maximum atomic E-state index is 11.0. The first kappa shape index (κ1) is 11.6. The highest BCUT2D eigenvalue weighted by atomic mass is 16.5. The van der Waals surface area contributed by atoms with Crippen LogP contribution in [0.25, 0.3) is 0 Å². The van der Waals surface area contributed by atoms with E-state index in [0.717, 1.165) is 5.56 Å². The molecule has 0 aliphatic rings. The molecule has 5 nitrogen and oxygen atoms in total. The molecule has 1 aromatic carbocycles. The summed E-state index contributed by atoms with van der Waals surface area (Å²) in [5, 5.41) is 20.1. The highest BCUT2D eigenvalue weighted by molar-refractivity contribution is 5.92. The molecule has 0 aromatic heterocycles. The minimum absolute atomic E-state index is 0.0765. The average Bonchev–Trinajstić information content (AvgIpc) is 2.17. The molecule has 0 aliphatic carbocycles. The lowest BCUT2D eigenvalue weighted by Gasteiger charge is -2.07. The van der Waals surface area contributed by atoms with E-state index >= 15 is 0 Å². The van der Waals surface area contributed by atoms with E-state index in [4.69, 9.17) is 15.9 Å². The Morgan fingerprint density at radius 2 is 2.20 bits per heavy atom. The molecular weight excluding hydrogens is 196 g/mol. The number of carbonyl (C=O) groups is 1. The van der Waals surface area contributed by atoms with Crippen LogP contribution in [-0.4, -0.2) is 29.0 Å². The zero-order valence-corrected chi connectivity index (χ0v) is 8.18. The van der Waals surface area contributed by atoms with Crippen LogP contribution in [0.15, 0.2) is 24.3 Å². The Morgan fingerprint density at radius 3 is 2.80 bits per heavy atom. The van der Waals surface area contributed by atoms with Gasteiger partial charge in [0.25, 0.3) is 0 Å². The van der Waals surface area contributed by atoms with Gasteiger partial charge in [0.05, 0.1) is 6.54 Å². The van der Waals surface area contributed by atoms with Gasteiger partial charge < -0.3 is 21.3 Å². The van der Waals surface area contributed by atoms with Crippen molar-refractivity contribution >= 4 is 11.6 Å². The lowest BCUT2D eigenvalue weighted by Crippen LogP contribution is -2.21. The minimum atomic E-state index is -1.38. The van der Waals surface area contributed by atoms with Gasteiger partial charge in [-0.25, -0.2) is 0 Å². The number of aliphatic hydroxyl groups is 2. The third-order valence-corrected chi connectivity index (χ3v) is 1.81. The summed E-state index contributed by atoms with van der Waals surface area (Å²) in [6.07, 6.45) is -1.25. The molecule has 0 aliphatic heterocycles. The fourth-order valence-corrected chi connectivity index (χ4v) is 1.20. The first-order valence-electron chi connectivity index (χ1n) is 4.57. The molecule has 0 saturated heterocycles. The van der Waals surface area contributed by atoms with Gasteiger partial charge in [0, 0.05) is 12.1 Å². The second-order valence-corrected chi connectivity index (χ2v) is 3.14. The van der Waals surface area contributed by atoms with Crippen LogP contribution < -0.4 is 11.1 Å². The molecular formula is C10H14N2O3. The number of nitrogens with two attached hydrogens (primary N) is 1. The SMILES string of the molecule is NCC(=O)Nc1cccc(CC(O)O)c1. The number of nitrogens with one attached hydrogen (secondary N) is 1. The predicted molar refractivity (Wildman–Crippen MR) is 56.1 cm³/mol. The number of hydrogen-bond acceptors (Lipinski definition) is 4. The summed E-state index contributed by atoms with van der Waals surface area (Å²) in [5.41, 5.74) is 6.48. The third kappa shape index (κ3) is 4.07. The van der Waals surface area contributed by atoms with Crippen molar-refractivity contribution in [2.45, 2.75) is 12.7 Å². The summed E-state index contributed by atoms with van der Waals surface area (Å²) in [7, 11) is 0. The summed E-state index contributed by atoms with van der Waals surface area (Å²) in [6.45, 7) is -0.0765. The van der Waals surface area contributed by atoms with E-state index < -0.39 is 6.29 Å². The molecule has 0 radical (unpaired) electrons. The van der Waals surface area contributed by atoms with Crippen LogP contribution in [0.2, 0.25) is 0 Å². The van der Waals surface area contributed by atoms with Gasteiger partial charge in [-0.2, -0.15) is 0 Å². The fourth-order valence-electron chi connectivity index (χ4n) is 1.20. The Bertz CT molecular complexity index is 339. The molecule has 82 valence electrons. The maximum Gasteiger partial charge on any atom is 0.238 e. The van der Waals surface area contributed by atoms with E-state index in [-0.39, 0.29) is 18.9 Å². The van der Waals surface area contributed by atoms with Crippen molar-refractivity contribution in [2.24, 2.45) is 5.73 Å². The highest BCUT2D eigenvalue weighted by Crippen LogP contribution is 2.11. The largest absolute Gasteiger partial charge is 0.368 e. The number of rotatable bonds is 4. The van der Waals surface area contributed by atoms with Crippen molar-refractivity contribution in [1.82, 2.24) is 0 Å². The van der Waals surface area contributed by atoms with Gasteiger partial charge >= 0.3 is 0 Å². The van der Waals surface area contributed by atoms with Crippen molar-refractivity contribution < 1.29 is 15.0 Å². The predicted octanol–water partition coefficient (Wildman–Crippen LogP) is -0.563. The molecule has 0 fully saturated rings. The number of amides is 1. The van der Waals surface area contributed by atoms with Crippen LogP contribution in [-0.2, 0) is 11.2 Å². The van der Waals surface area contributed by atoms with Crippen molar-refractivity contribution in [3.05, 3.63) is 29.8 Å². The third-order valence-electron chi connectivity index (χ3n) is 1.81. The molecule has 0 spiro atoms.